The van der Waals surface area contributed by atoms with Crippen molar-refractivity contribution in [3.8, 4) is 0 Å². The maximum atomic E-state index is 4.34. The molecule has 3 nitrogen and oxygen atoms in total. The van der Waals surface area contributed by atoms with Gasteiger partial charge >= 0.3 is 0 Å². The minimum Gasteiger partial charge on any atom is -0.382 e. The average molecular weight is 243 g/mol. The van der Waals surface area contributed by atoms with Gasteiger partial charge in [0.1, 0.15) is 0 Å². The molecule has 18 heavy (non-hydrogen) atoms. The molecular formula is C15H21N3. The third-order valence-corrected chi connectivity index (χ3v) is 3.11. The molecule has 1 aromatic heterocycles. The van der Waals surface area contributed by atoms with E-state index in [1.165, 1.54) is 25.7 Å². The summed E-state index contributed by atoms with van der Waals surface area (Å²) in [6.45, 7) is 4.46. The highest BCUT2D eigenvalue weighted by atomic mass is 14.9. The lowest BCUT2D eigenvalue weighted by Gasteiger charge is -2.18. The van der Waals surface area contributed by atoms with Crippen molar-refractivity contribution in [2.24, 2.45) is 0 Å². The smallest absolute Gasteiger partial charge is 0.0907 e. The van der Waals surface area contributed by atoms with Gasteiger partial charge in [0.15, 0.2) is 0 Å². The van der Waals surface area contributed by atoms with Crippen LogP contribution in [0.2, 0.25) is 0 Å². The second-order valence-electron chi connectivity index (χ2n) is 4.68. The van der Waals surface area contributed by atoms with Crippen LogP contribution in [-0.2, 0) is 0 Å². The molecule has 1 N–H and O–H groups in total. The number of anilines is 1. The van der Waals surface area contributed by atoms with Gasteiger partial charge in [-0.05, 0) is 31.0 Å². The molecule has 2 aromatic rings. The fourth-order valence-electron chi connectivity index (χ4n) is 2.27. The molecule has 0 saturated carbocycles. The van der Waals surface area contributed by atoms with E-state index in [1.54, 1.807) is 12.4 Å². The van der Waals surface area contributed by atoms with Gasteiger partial charge in [0.25, 0.3) is 0 Å². The van der Waals surface area contributed by atoms with Crippen molar-refractivity contribution in [1.29, 1.82) is 0 Å². The van der Waals surface area contributed by atoms with Gasteiger partial charge in [0.05, 0.1) is 11.0 Å². The molecule has 0 saturated heterocycles. The second kappa shape index (κ2) is 6.34. The topological polar surface area (TPSA) is 37.8 Å². The Morgan fingerprint density at radius 2 is 1.67 bits per heavy atom. The number of aromatic nitrogens is 2. The van der Waals surface area contributed by atoms with Crippen LogP contribution in [0.3, 0.4) is 0 Å². The summed E-state index contributed by atoms with van der Waals surface area (Å²) in [6, 6.07) is 6.77. The van der Waals surface area contributed by atoms with Crippen LogP contribution in [0.15, 0.2) is 30.6 Å². The Bertz CT molecular complexity index is 490. The summed E-state index contributed by atoms with van der Waals surface area (Å²) in [6.07, 6.45) is 8.32. The van der Waals surface area contributed by atoms with Crippen molar-refractivity contribution in [3.63, 3.8) is 0 Å². The van der Waals surface area contributed by atoms with E-state index in [-0.39, 0.29) is 0 Å². The molecule has 0 atom stereocenters. The molecule has 3 heteroatoms. The average Bonchev–Trinajstić information content (AvgIpc) is 2.39. The Morgan fingerprint density at radius 1 is 1.00 bits per heavy atom. The standard InChI is InChI=1S/C15H21N3/c1-3-5-12(6-4-2)18-13-7-8-14-15(11-13)17-10-9-16-14/h7-12,18H,3-6H2,1-2H3. The lowest BCUT2D eigenvalue weighted by molar-refractivity contribution is 0.586. The third-order valence-electron chi connectivity index (χ3n) is 3.11. The quantitative estimate of drug-likeness (QED) is 0.833. The van der Waals surface area contributed by atoms with Crippen LogP contribution in [0.25, 0.3) is 11.0 Å². The number of rotatable bonds is 6. The maximum Gasteiger partial charge on any atom is 0.0907 e. The Hall–Kier alpha value is -1.64. The summed E-state index contributed by atoms with van der Waals surface area (Å²) in [5.41, 5.74) is 3.05. The maximum absolute atomic E-state index is 4.34. The first-order valence-corrected chi connectivity index (χ1v) is 6.80. The zero-order valence-corrected chi connectivity index (χ0v) is 11.2. The van der Waals surface area contributed by atoms with Gasteiger partial charge in [-0.3, -0.25) is 9.97 Å². The highest BCUT2D eigenvalue weighted by molar-refractivity contribution is 5.78. The van der Waals surface area contributed by atoms with Crippen molar-refractivity contribution in [3.05, 3.63) is 30.6 Å². The van der Waals surface area contributed by atoms with Crippen molar-refractivity contribution >= 4 is 16.7 Å². The summed E-state index contributed by atoms with van der Waals surface area (Å²) in [5, 5.41) is 3.61. The number of nitrogens with one attached hydrogen (secondary N) is 1. The first-order valence-electron chi connectivity index (χ1n) is 6.80. The van der Waals surface area contributed by atoms with E-state index in [4.69, 9.17) is 0 Å². The number of hydrogen-bond donors (Lipinski definition) is 1. The summed E-state index contributed by atoms with van der Waals surface area (Å²) in [5.74, 6) is 0. The summed E-state index contributed by atoms with van der Waals surface area (Å²) in [4.78, 5) is 8.62. The SMILES string of the molecule is CCCC(CCC)Nc1ccc2nccnc2c1. The van der Waals surface area contributed by atoms with Gasteiger partial charge in [-0.15, -0.1) is 0 Å². The molecule has 96 valence electrons. The van der Waals surface area contributed by atoms with Gasteiger partial charge in [0, 0.05) is 24.1 Å². The van der Waals surface area contributed by atoms with Gasteiger partial charge in [-0.25, -0.2) is 0 Å². The highest BCUT2D eigenvalue weighted by Crippen LogP contribution is 2.18. The minimum absolute atomic E-state index is 0.564. The second-order valence-corrected chi connectivity index (χ2v) is 4.68. The zero-order valence-electron chi connectivity index (χ0n) is 11.2. The number of nitrogens with zero attached hydrogens (tertiary/aromatic N) is 2. The van der Waals surface area contributed by atoms with Crippen LogP contribution >= 0.6 is 0 Å². The van der Waals surface area contributed by atoms with E-state index in [0.29, 0.717) is 6.04 Å². The van der Waals surface area contributed by atoms with Gasteiger partial charge in [0.2, 0.25) is 0 Å². The van der Waals surface area contributed by atoms with E-state index in [9.17, 15) is 0 Å². The number of fused-ring (bicyclic) bond motifs is 1. The number of benzene rings is 1. The molecule has 0 aliphatic heterocycles. The molecule has 0 amide bonds. The molecular weight excluding hydrogens is 222 g/mol. The van der Waals surface area contributed by atoms with E-state index >= 15 is 0 Å². The van der Waals surface area contributed by atoms with E-state index in [2.05, 4.69) is 41.3 Å². The van der Waals surface area contributed by atoms with E-state index in [0.717, 1.165) is 16.7 Å². The predicted octanol–water partition coefficient (Wildman–Crippen LogP) is 4.01. The lowest BCUT2D eigenvalue weighted by Crippen LogP contribution is -2.18. The Labute approximate surface area is 109 Å². The first-order chi connectivity index (χ1) is 8.83. The zero-order chi connectivity index (χ0) is 12.8. The van der Waals surface area contributed by atoms with Crippen LogP contribution in [0, 0.1) is 0 Å². The van der Waals surface area contributed by atoms with Gasteiger partial charge in [-0.1, -0.05) is 26.7 Å². The summed E-state index contributed by atoms with van der Waals surface area (Å²) < 4.78 is 0. The summed E-state index contributed by atoms with van der Waals surface area (Å²) >= 11 is 0. The Morgan fingerprint density at radius 3 is 2.33 bits per heavy atom. The largest absolute Gasteiger partial charge is 0.382 e. The Balaban J connectivity index is 2.14. The van der Waals surface area contributed by atoms with Crippen LogP contribution in [0.4, 0.5) is 5.69 Å². The molecule has 0 bridgehead atoms. The van der Waals surface area contributed by atoms with Gasteiger partial charge < -0.3 is 5.32 Å². The molecule has 0 spiro atoms. The minimum atomic E-state index is 0.564. The van der Waals surface area contributed by atoms with Crippen molar-refractivity contribution in [1.82, 2.24) is 9.97 Å². The predicted molar refractivity (Wildman–Crippen MR) is 76.8 cm³/mol. The monoisotopic (exact) mass is 243 g/mol. The molecule has 0 unspecified atom stereocenters. The lowest BCUT2D eigenvalue weighted by atomic mass is 10.1. The van der Waals surface area contributed by atoms with Crippen molar-refractivity contribution in [2.75, 3.05) is 5.32 Å². The third kappa shape index (κ3) is 3.19. The molecule has 2 rings (SSSR count). The van der Waals surface area contributed by atoms with Crippen LogP contribution in [0.5, 0.6) is 0 Å². The van der Waals surface area contributed by atoms with Crippen LogP contribution < -0.4 is 5.32 Å². The Kier molecular flexibility index (Phi) is 4.51. The number of hydrogen-bond acceptors (Lipinski definition) is 3. The summed E-state index contributed by atoms with van der Waals surface area (Å²) in [7, 11) is 0. The fraction of sp³-hybridized carbons (Fsp3) is 0.467. The van der Waals surface area contributed by atoms with Crippen LogP contribution in [0.1, 0.15) is 39.5 Å². The molecule has 1 heterocycles. The first kappa shape index (κ1) is 12.8. The normalized spacial score (nSPS) is 11.1. The molecule has 1 aromatic carbocycles. The molecule has 0 fully saturated rings. The molecule has 0 radical (unpaired) electrons. The highest BCUT2D eigenvalue weighted by Gasteiger charge is 2.06. The van der Waals surface area contributed by atoms with Crippen molar-refractivity contribution < 1.29 is 0 Å². The molecule has 0 aliphatic carbocycles. The van der Waals surface area contributed by atoms with Crippen molar-refractivity contribution in [2.45, 2.75) is 45.6 Å². The molecule has 0 aliphatic rings. The van der Waals surface area contributed by atoms with Gasteiger partial charge in [-0.2, -0.15) is 0 Å². The van der Waals surface area contributed by atoms with E-state index in [1.807, 2.05) is 6.07 Å². The fourth-order valence-corrected chi connectivity index (χ4v) is 2.27. The van der Waals surface area contributed by atoms with E-state index < -0.39 is 0 Å². The van der Waals surface area contributed by atoms with Crippen LogP contribution in [-0.4, -0.2) is 16.0 Å².